The lowest BCUT2D eigenvalue weighted by atomic mass is 9.43. The lowest BCUT2D eigenvalue weighted by Crippen LogP contribution is -2.58. The predicted molar refractivity (Wildman–Crippen MR) is 239 cm³/mol. The van der Waals surface area contributed by atoms with Crippen LogP contribution in [-0.4, -0.2) is 23.5 Å². The van der Waals surface area contributed by atoms with Crippen LogP contribution in [0.25, 0.3) is 0 Å². The Morgan fingerprint density at radius 2 is 0.857 bits per heavy atom. The molecule has 0 spiro atoms. The van der Waals surface area contributed by atoms with Gasteiger partial charge in [-0.25, -0.2) is 0 Å². The van der Waals surface area contributed by atoms with E-state index in [4.69, 9.17) is 9.98 Å². The number of hydrogen-bond acceptors (Lipinski definition) is 2. The maximum atomic E-state index is 5.90. The number of fused-ring (bicyclic) bond motifs is 12. The van der Waals surface area contributed by atoms with Crippen LogP contribution in [0.5, 0.6) is 0 Å². The summed E-state index contributed by atoms with van der Waals surface area (Å²) in [6, 6.07) is 0.807. The normalized spacial score (nSPS) is 50.3. The predicted octanol–water partition coefficient (Wildman–Crippen LogP) is 15.1. The molecule has 0 aromatic carbocycles. The molecule has 0 aromatic heterocycles. The molecule has 8 aliphatic carbocycles. The molecule has 8 fully saturated rings. The first-order chi connectivity index (χ1) is 26.7. The molecule has 9 aliphatic rings. The van der Waals surface area contributed by atoms with Crippen LogP contribution in [0.1, 0.15) is 210 Å². The average Bonchev–Trinajstić information content (AvgIpc) is 3.68. The summed E-state index contributed by atoms with van der Waals surface area (Å²) < 4.78 is 0. The molecule has 0 bridgehead atoms. The lowest BCUT2D eigenvalue weighted by molar-refractivity contribution is -0.109. The van der Waals surface area contributed by atoms with E-state index in [0.717, 1.165) is 82.9 Å². The molecule has 0 N–H and O–H groups in total. The summed E-state index contributed by atoms with van der Waals surface area (Å²) in [6.07, 6.45) is 31.9. The largest absolute Gasteiger partial charge is 0.282 e. The van der Waals surface area contributed by atoms with E-state index in [1.54, 1.807) is 11.4 Å². The minimum absolute atomic E-state index is 0.404. The van der Waals surface area contributed by atoms with Gasteiger partial charge in [0.2, 0.25) is 0 Å². The Labute approximate surface area is 347 Å². The summed E-state index contributed by atoms with van der Waals surface area (Å²) in [4.78, 5) is 11.8. The molecule has 18 atom stereocenters. The molecule has 9 rings (SSSR count). The zero-order valence-electron chi connectivity index (χ0n) is 38.7. The molecular weight excluding hydrogens is 677 g/mol. The average molecular weight is 767 g/mol. The summed E-state index contributed by atoms with van der Waals surface area (Å²) in [5.41, 5.74) is 5.24. The van der Waals surface area contributed by atoms with E-state index in [1.807, 2.05) is 0 Å². The van der Waals surface area contributed by atoms with Gasteiger partial charge in [-0.05, 0) is 207 Å². The van der Waals surface area contributed by atoms with Crippen LogP contribution in [0.2, 0.25) is 0 Å². The second-order valence-corrected chi connectivity index (χ2v) is 25.5. The SMILES string of the molecule is CC(C)CCC[C@@H](C)[C@H]1CC[C@H]2[C@@H]3CC[C@H]4CC5=NC6C[C@@]7(C)[C@@H](CC[C@@H]8[C@@H]7CC[C@]7(C)[C@@H]([C@H](C)CCCC(C)C)CC[C@@H]87)CC6=NC5C[C@]4(C)[C@H]3CC[C@]12C. The van der Waals surface area contributed by atoms with Crippen molar-refractivity contribution in [2.45, 2.75) is 223 Å². The van der Waals surface area contributed by atoms with Gasteiger partial charge in [-0.15, -0.1) is 0 Å². The first-order valence-electron chi connectivity index (χ1n) is 25.8. The Morgan fingerprint density at radius 1 is 0.464 bits per heavy atom. The molecule has 8 saturated carbocycles. The summed E-state index contributed by atoms with van der Waals surface area (Å²) in [7, 11) is 0. The fourth-order valence-corrected chi connectivity index (χ4v) is 19.2. The minimum Gasteiger partial charge on any atom is -0.282 e. The first-order valence-corrected chi connectivity index (χ1v) is 25.8. The molecule has 0 saturated heterocycles. The molecule has 0 radical (unpaired) electrons. The number of aliphatic imine (C=N–C) groups is 2. The van der Waals surface area contributed by atoms with Crippen molar-refractivity contribution in [1.82, 2.24) is 0 Å². The zero-order valence-corrected chi connectivity index (χ0v) is 38.7. The van der Waals surface area contributed by atoms with Gasteiger partial charge in [0.05, 0.1) is 12.1 Å². The number of nitrogens with zero attached hydrogens (tertiary/aromatic N) is 2. The summed E-state index contributed by atoms with van der Waals surface area (Å²) >= 11 is 0. The Kier molecular flexibility index (Phi) is 10.9. The van der Waals surface area contributed by atoms with Crippen molar-refractivity contribution in [1.29, 1.82) is 0 Å². The van der Waals surface area contributed by atoms with Gasteiger partial charge in [0.15, 0.2) is 0 Å². The van der Waals surface area contributed by atoms with Crippen molar-refractivity contribution in [3.63, 3.8) is 0 Å². The highest BCUT2D eigenvalue weighted by Gasteiger charge is 2.64. The highest BCUT2D eigenvalue weighted by molar-refractivity contribution is 6.02. The maximum Gasteiger partial charge on any atom is 0.0882 e. The Balaban J connectivity index is 0.870. The Morgan fingerprint density at radius 3 is 1.25 bits per heavy atom. The van der Waals surface area contributed by atoms with Gasteiger partial charge in [0.25, 0.3) is 0 Å². The van der Waals surface area contributed by atoms with E-state index < -0.39 is 0 Å². The van der Waals surface area contributed by atoms with Gasteiger partial charge in [-0.1, -0.05) is 108 Å². The van der Waals surface area contributed by atoms with Crippen LogP contribution in [0.15, 0.2) is 9.98 Å². The Bertz CT molecular complexity index is 1380. The molecule has 2 unspecified atom stereocenters. The standard InChI is InChI=1S/C54H90N2/c1-33(2)13-11-15-35(5)41-21-23-43-39-19-17-37-29-47-49(31-53(37,9)45(39)25-27-51(41,43)7)55-48-30-38-18-20-40-44-24-22-42(36(6)16-12-14-34(3)4)52(44,8)28-26-46(40)54(38,10)32-50(48)56-47/h33-46,49-50H,11-32H2,1-10H3/t35-,36-,37+,38+,39+,40+,41-,42-,43+,44+,45+,46+,49?,50?,51-,52-,53+,54+/m1/s1. The van der Waals surface area contributed by atoms with E-state index in [1.165, 1.54) is 141 Å². The molecule has 2 nitrogen and oxygen atoms in total. The third kappa shape index (κ3) is 6.55. The van der Waals surface area contributed by atoms with Gasteiger partial charge >= 0.3 is 0 Å². The fourth-order valence-electron chi connectivity index (χ4n) is 19.2. The van der Waals surface area contributed by atoms with E-state index in [9.17, 15) is 0 Å². The number of hydrogen-bond donors (Lipinski definition) is 0. The van der Waals surface area contributed by atoms with Crippen LogP contribution < -0.4 is 0 Å². The third-order valence-corrected chi connectivity index (χ3v) is 22.1. The van der Waals surface area contributed by atoms with Crippen molar-refractivity contribution in [3.05, 3.63) is 0 Å². The molecule has 316 valence electrons. The van der Waals surface area contributed by atoms with E-state index >= 15 is 0 Å². The minimum atomic E-state index is 0.404. The van der Waals surface area contributed by atoms with Crippen molar-refractivity contribution < 1.29 is 0 Å². The summed E-state index contributed by atoms with van der Waals surface area (Å²) in [5, 5.41) is 0. The number of rotatable bonds is 10. The van der Waals surface area contributed by atoms with E-state index in [-0.39, 0.29) is 0 Å². The van der Waals surface area contributed by atoms with E-state index in [2.05, 4.69) is 69.2 Å². The van der Waals surface area contributed by atoms with Crippen molar-refractivity contribution in [3.8, 4) is 0 Å². The molecule has 1 aliphatic heterocycles. The van der Waals surface area contributed by atoms with E-state index in [0.29, 0.717) is 33.7 Å². The second kappa shape index (κ2) is 15.1. The molecule has 1 heterocycles. The highest BCUT2D eigenvalue weighted by atomic mass is 15.0. The molecule has 2 heteroatoms. The third-order valence-electron chi connectivity index (χ3n) is 22.1. The summed E-state index contributed by atoms with van der Waals surface area (Å²) in [5.74, 6) is 12.9. The van der Waals surface area contributed by atoms with Crippen LogP contribution in [0, 0.1) is 105 Å². The second-order valence-electron chi connectivity index (χ2n) is 25.5. The molecule has 0 aromatic rings. The van der Waals surface area contributed by atoms with Crippen LogP contribution in [-0.2, 0) is 0 Å². The lowest BCUT2D eigenvalue weighted by Gasteiger charge is -2.63. The smallest absolute Gasteiger partial charge is 0.0882 e. The van der Waals surface area contributed by atoms with Gasteiger partial charge in [0.1, 0.15) is 0 Å². The molecule has 0 amide bonds. The fraction of sp³-hybridized carbons (Fsp3) is 0.963. The topological polar surface area (TPSA) is 24.7 Å². The van der Waals surface area contributed by atoms with Crippen molar-refractivity contribution in [2.24, 2.45) is 114 Å². The Hall–Kier alpha value is -0.660. The van der Waals surface area contributed by atoms with Gasteiger partial charge in [0, 0.05) is 11.4 Å². The van der Waals surface area contributed by atoms with Crippen LogP contribution >= 0.6 is 0 Å². The molecular formula is C54H90N2. The summed E-state index contributed by atoms with van der Waals surface area (Å²) in [6.45, 7) is 26.1. The van der Waals surface area contributed by atoms with Gasteiger partial charge in [-0.3, -0.25) is 9.98 Å². The maximum absolute atomic E-state index is 5.90. The van der Waals surface area contributed by atoms with Crippen molar-refractivity contribution in [2.75, 3.05) is 0 Å². The van der Waals surface area contributed by atoms with Crippen LogP contribution in [0.4, 0.5) is 0 Å². The van der Waals surface area contributed by atoms with Crippen molar-refractivity contribution >= 4 is 11.4 Å². The van der Waals surface area contributed by atoms with Crippen LogP contribution in [0.3, 0.4) is 0 Å². The first kappa shape index (κ1) is 40.7. The molecule has 56 heavy (non-hydrogen) atoms. The quantitative estimate of drug-likeness (QED) is 0.212. The highest BCUT2D eigenvalue weighted by Crippen LogP contribution is 2.71. The monoisotopic (exact) mass is 767 g/mol. The zero-order chi connectivity index (χ0) is 39.4. The van der Waals surface area contributed by atoms with Gasteiger partial charge in [-0.2, -0.15) is 0 Å². The van der Waals surface area contributed by atoms with Gasteiger partial charge < -0.3 is 0 Å².